The van der Waals surface area contributed by atoms with E-state index < -0.39 is 27.3 Å². The van der Waals surface area contributed by atoms with Crippen molar-refractivity contribution in [1.29, 1.82) is 0 Å². The van der Waals surface area contributed by atoms with E-state index in [9.17, 15) is 12.8 Å². The Balaban J connectivity index is 2.34. The summed E-state index contributed by atoms with van der Waals surface area (Å²) in [5.41, 5.74) is -0.129. The average Bonchev–Trinajstić information content (AvgIpc) is 2.87. The molecule has 0 heterocycles. The van der Waals surface area contributed by atoms with Crippen LogP contribution in [0.1, 0.15) is 24.8 Å². The lowest BCUT2D eigenvalue weighted by Crippen LogP contribution is -2.39. The SMILES string of the molecule is CSC1CCCC1NS(=O)(=O)c1cc(Cl)cc(CO)c1F. The van der Waals surface area contributed by atoms with Gasteiger partial charge in [0, 0.05) is 21.9 Å². The fourth-order valence-corrected chi connectivity index (χ4v) is 5.32. The third kappa shape index (κ3) is 3.71. The van der Waals surface area contributed by atoms with Crippen LogP contribution < -0.4 is 4.72 Å². The number of benzene rings is 1. The van der Waals surface area contributed by atoms with Crippen LogP contribution in [0.5, 0.6) is 0 Å². The first-order chi connectivity index (χ1) is 9.89. The minimum absolute atomic E-state index is 0.0775. The van der Waals surface area contributed by atoms with Crippen LogP contribution in [0, 0.1) is 5.82 Å². The number of sulfonamides is 1. The topological polar surface area (TPSA) is 66.4 Å². The Labute approximate surface area is 133 Å². The molecule has 8 heteroatoms. The first kappa shape index (κ1) is 17.0. The number of nitrogens with one attached hydrogen (secondary N) is 1. The van der Waals surface area contributed by atoms with Crippen molar-refractivity contribution in [1.82, 2.24) is 4.72 Å². The Morgan fingerprint density at radius 2 is 2.19 bits per heavy atom. The largest absolute Gasteiger partial charge is 0.392 e. The Kier molecular flexibility index (Phi) is 5.54. The molecular weight excluding hydrogens is 337 g/mol. The minimum atomic E-state index is -4.01. The van der Waals surface area contributed by atoms with E-state index in [0.29, 0.717) is 0 Å². The molecule has 2 unspecified atom stereocenters. The van der Waals surface area contributed by atoms with Crippen LogP contribution in [0.25, 0.3) is 0 Å². The van der Waals surface area contributed by atoms with Crippen LogP contribution in [0.4, 0.5) is 4.39 Å². The van der Waals surface area contributed by atoms with Gasteiger partial charge in [-0.05, 0) is 31.2 Å². The fourth-order valence-electron chi connectivity index (χ4n) is 2.53. The first-order valence-corrected chi connectivity index (χ1v) is 9.68. The molecule has 2 N–H and O–H groups in total. The van der Waals surface area contributed by atoms with Gasteiger partial charge in [-0.25, -0.2) is 17.5 Å². The molecule has 0 spiro atoms. The molecule has 1 aromatic rings. The van der Waals surface area contributed by atoms with Crippen molar-refractivity contribution < 1.29 is 17.9 Å². The summed E-state index contributed by atoms with van der Waals surface area (Å²) >= 11 is 7.41. The fraction of sp³-hybridized carbons (Fsp3) is 0.538. The molecule has 4 nitrogen and oxygen atoms in total. The van der Waals surface area contributed by atoms with Crippen molar-refractivity contribution in [3.63, 3.8) is 0 Å². The molecule has 2 atom stereocenters. The van der Waals surface area contributed by atoms with Crippen LogP contribution in [-0.2, 0) is 16.6 Å². The van der Waals surface area contributed by atoms with E-state index in [4.69, 9.17) is 16.7 Å². The molecule has 1 aliphatic rings. The summed E-state index contributed by atoms with van der Waals surface area (Å²) in [6, 6.07) is 2.08. The second-order valence-electron chi connectivity index (χ2n) is 4.97. The highest BCUT2D eigenvalue weighted by atomic mass is 35.5. The van der Waals surface area contributed by atoms with E-state index >= 15 is 0 Å². The summed E-state index contributed by atoms with van der Waals surface area (Å²) in [6.07, 6.45) is 4.55. The van der Waals surface area contributed by atoms with Gasteiger partial charge in [-0.1, -0.05) is 18.0 Å². The maximum Gasteiger partial charge on any atom is 0.243 e. The third-order valence-electron chi connectivity index (χ3n) is 3.60. The summed E-state index contributed by atoms with van der Waals surface area (Å²) in [7, 11) is -4.01. The van der Waals surface area contributed by atoms with E-state index in [0.717, 1.165) is 25.3 Å². The first-order valence-electron chi connectivity index (χ1n) is 6.53. The monoisotopic (exact) mass is 353 g/mol. The highest BCUT2D eigenvalue weighted by Crippen LogP contribution is 2.30. The Morgan fingerprint density at radius 3 is 2.81 bits per heavy atom. The van der Waals surface area contributed by atoms with Crippen molar-refractivity contribution in [3.8, 4) is 0 Å². The molecule has 0 aliphatic heterocycles. The van der Waals surface area contributed by atoms with Gasteiger partial charge < -0.3 is 5.11 Å². The molecular formula is C13H17ClFNO3S2. The zero-order valence-corrected chi connectivity index (χ0v) is 13.9. The summed E-state index contributed by atoms with van der Waals surface area (Å²) in [4.78, 5) is -0.509. The highest BCUT2D eigenvalue weighted by Gasteiger charge is 2.32. The number of aliphatic hydroxyl groups is 1. The van der Waals surface area contributed by atoms with Crippen LogP contribution >= 0.6 is 23.4 Å². The van der Waals surface area contributed by atoms with Gasteiger partial charge >= 0.3 is 0 Å². The number of hydrogen-bond acceptors (Lipinski definition) is 4. The summed E-state index contributed by atoms with van der Waals surface area (Å²) in [6.45, 7) is -0.605. The molecule has 118 valence electrons. The number of rotatable bonds is 5. The maximum atomic E-state index is 14.2. The van der Waals surface area contributed by atoms with Gasteiger partial charge in [-0.3, -0.25) is 0 Å². The second kappa shape index (κ2) is 6.83. The molecule has 1 aliphatic carbocycles. The van der Waals surface area contributed by atoms with E-state index in [1.54, 1.807) is 11.8 Å². The highest BCUT2D eigenvalue weighted by molar-refractivity contribution is 7.99. The molecule has 1 aromatic carbocycles. The van der Waals surface area contributed by atoms with Crippen LogP contribution in [0.2, 0.25) is 5.02 Å². The summed E-state index contributed by atoms with van der Waals surface area (Å²) < 4.78 is 41.5. The number of hydrogen-bond donors (Lipinski definition) is 2. The second-order valence-corrected chi connectivity index (χ2v) is 8.16. The lowest BCUT2D eigenvalue weighted by molar-refractivity contribution is 0.274. The van der Waals surface area contributed by atoms with Crippen molar-refractivity contribution in [2.24, 2.45) is 0 Å². The molecule has 0 aromatic heterocycles. The summed E-state index contributed by atoms with van der Waals surface area (Å²) in [5.74, 6) is -0.951. The molecule has 0 radical (unpaired) electrons. The minimum Gasteiger partial charge on any atom is -0.392 e. The molecule has 1 saturated carbocycles. The third-order valence-corrected chi connectivity index (χ3v) is 6.48. The van der Waals surface area contributed by atoms with Crippen LogP contribution in [-0.4, -0.2) is 31.1 Å². The van der Waals surface area contributed by atoms with Crippen molar-refractivity contribution >= 4 is 33.4 Å². The van der Waals surface area contributed by atoms with Gasteiger partial charge in [0.05, 0.1) is 6.61 Å². The standard InChI is InChI=1S/C13H17ClFNO3S2/c1-20-11-4-2-3-10(11)16-21(18,19)12-6-9(14)5-8(7-17)13(12)15/h5-6,10-11,16-17H,2-4,7H2,1H3. The zero-order valence-electron chi connectivity index (χ0n) is 11.5. The predicted octanol–water partition coefficient (Wildman–Crippen LogP) is 2.53. The predicted molar refractivity (Wildman–Crippen MR) is 82.6 cm³/mol. The normalized spacial score (nSPS) is 22.7. The van der Waals surface area contributed by atoms with Gasteiger partial charge in [-0.2, -0.15) is 11.8 Å². The van der Waals surface area contributed by atoms with E-state index in [1.165, 1.54) is 6.07 Å². The Bertz CT molecular complexity index is 624. The lowest BCUT2D eigenvalue weighted by Gasteiger charge is -2.19. The van der Waals surface area contributed by atoms with Gasteiger partial charge in [-0.15, -0.1) is 0 Å². The van der Waals surface area contributed by atoms with Crippen LogP contribution in [0.3, 0.4) is 0 Å². The lowest BCUT2D eigenvalue weighted by atomic mass is 10.2. The Hall–Kier alpha value is -0.340. The number of halogens is 2. The van der Waals surface area contributed by atoms with Crippen LogP contribution in [0.15, 0.2) is 17.0 Å². The number of thioether (sulfide) groups is 1. The van der Waals surface area contributed by atoms with E-state index in [1.807, 2.05) is 6.26 Å². The molecule has 21 heavy (non-hydrogen) atoms. The van der Waals surface area contributed by atoms with Gasteiger partial charge in [0.1, 0.15) is 10.7 Å². The Morgan fingerprint density at radius 1 is 1.48 bits per heavy atom. The number of aliphatic hydroxyl groups excluding tert-OH is 1. The molecule has 0 saturated heterocycles. The average molecular weight is 354 g/mol. The van der Waals surface area contributed by atoms with Crippen molar-refractivity contribution in [2.45, 2.75) is 42.1 Å². The van der Waals surface area contributed by atoms with E-state index in [2.05, 4.69) is 4.72 Å². The molecule has 0 bridgehead atoms. The molecule has 1 fully saturated rings. The van der Waals surface area contributed by atoms with Gasteiger partial charge in [0.2, 0.25) is 10.0 Å². The quantitative estimate of drug-likeness (QED) is 0.853. The van der Waals surface area contributed by atoms with Crippen molar-refractivity contribution in [3.05, 3.63) is 28.5 Å². The summed E-state index contributed by atoms with van der Waals surface area (Å²) in [5, 5.41) is 9.35. The molecule has 2 rings (SSSR count). The van der Waals surface area contributed by atoms with Gasteiger partial charge in [0.15, 0.2) is 0 Å². The van der Waals surface area contributed by atoms with Gasteiger partial charge in [0.25, 0.3) is 0 Å². The maximum absolute atomic E-state index is 14.2. The zero-order chi connectivity index (χ0) is 15.6. The van der Waals surface area contributed by atoms with E-state index in [-0.39, 0.29) is 21.9 Å². The molecule has 0 amide bonds. The van der Waals surface area contributed by atoms with Crippen molar-refractivity contribution in [2.75, 3.05) is 6.26 Å². The smallest absolute Gasteiger partial charge is 0.243 e.